The first-order chi connectivity index (χ1) is 16.8. The molecule has 2 amide bonds. The highest BCUT2D eigenvalue weighted by Gasteiger charge is 2.42. The predicted octanol–water partition coefficient (Wildman–Crippen LogP) is 2.64. The Labute approximate surface area is 203 Å². The fourth-order valence-corrected chi connectivity index (χ4v) is 4.86. The highest BCUT2D eigenvalue weighted by Crippen LogP contribution is 2.44. The summed E-state index contributed by atoms with van der Waals surface area (Å²) in [6.45, 7) is 3.47. The van der Waals surface area contributed by atoms with Crippen LogP contribution in [0.2, 0.25) is 0 Å². The number of aliphatic carboxylic acids is 1. The van der Waals surface area contributed by atoms with Gasteiger partial charge in [-0.25, -0.2) is 9.59 Å². The number of benzene rings is 2. The number of carboxylic acid groups (broad SMARTS) is 1. The normalized spacial score (nSPS) is 19.4. The number of esters is 1. The standard InChI is InChI=1S/C26H28N2O7/c1-3-34-25(32)22(23(29)28-12-15(2)20(13-28)24(30)31)27-26(33)35-14-21-18-10-6-4-8-16(18)17-9-5-7-11-19(17)21/h4-11,15,20-22H,3,12-14H2,1-2H3,(H,27,33)(H,30,31)/t15-,20-,22?/m0/s1. The zero-order valence-electron chi connectivity index (χ0n) is 19.6. The fourth-order valence-electron chi connectivity index (χ4n) is 4.86. The van der Waals surface area contributed by atoms with Crippen LogP contribution in [0, 0.1) is 11.8 Å². The minimum atomic E-state index is -1.62. The Morgan fingerprint density at radius 3 is 2.14 bits per heavy atom. The Morgan fingerprint density at radius 2 is 1.60 bits per heavy atom. The molecule has 1 aliphatic heterocycles. The van der Waals surface area contributed by atoms with Gasteiger partial charge in [-0.1, -0.05) is 55.5 Å². The van der Waals surface area contributed by atoms with Crippen LogP contribution in [0.4, 0.5) is 4.79 Å². The maximum Gasteiger partial charge on any atom is 0.408 e. The molecule has 0 spiro atoms. The quantitative estimate of drug-likeness (QED) is 0.461. The monoisotopic (exact) mass is 480 g/mol. The van der Waals surface area contributed by atoms with Crippen molar-refractivity contribution in [1.82, 2.24) is 10.2 Å². The van der Waals surface area contributed by atoms with Crippen molar-refractivity contribution >= 4 is 23.9 Å². The number of fused-ring (bicyclic) bond motifs is 3. The average molecular weight is 481 g/mol. The molecule has 1 heterocycles. The number of alkyl carbamates (subject to hydrolysis) is 1. The number of ether oxygens (including phenoxy) is 2. The van der Waals surface area contributed by atoms with Gasteiger partial charge in [0.2, 0.25) is 6.04 Å². The predicted molar refractivity (Wildman–Crippen MR) is 125 cm³/mol. The third kappa shape index (κ3) is 4.84. The van der Waals surface area contributed by atoms with E-state index >= 15 is 0 Å². The second-order valence-electron chi connectivity index (χ2n) is 8.82. The molecule has 35 heavy (non-hydrogen) atoms. The van der Waals surface area contributed by atoms with Gasteiger partial charge in [-0.3, -0.25) is 14.9 Å². The first-order valence-corrected chi connectivity index (χ1v) is 11.6. The van der Waals surface area contributed by atoms with Crippen LogP contribution < -0.4 is 5.32 Å². The Kier molecular flexibility index (Phi) is 7.04. The maximum atomic E-state index is 13.1. The van der Waals surface area contributed by atoms with E-state index in [9.17, 15) is 24.3 Å². The molecule has 2 aromatic rings. The van der Waals surface area contributed by atoms with Crippen molar-refractivity contribution in [3.63, 3.8) is 0 Å². The van der Waals surface area contributed by atoms with Gasteiger partial charge in [0.1, 0.15) is 6.61 Å². The molecular weight excluding hydrogens is 452 g/mol. The van der Waals surface area contributed by atoms with E-state index in [0.717, 1.165) is 22.3 Å². The highest BCUT2D eigenvalue weighted by molar-refractivity contribution is 6.04. The average Bonchev–Trinajstić information content (AvgIpc) is 3.39. The molecule has 2 aliphatic rings. The van der Waals surface area contributed by atoms with Gasteiger partial charge in [-0.2, -0.15) is 0 Å². The Morgan fingerprint density at radius 1 is 1.00 bits per heavy atom. The van der Waals surface area contributed by atoms with E-state index in [0.29, 0.717) is 0 Å². The Bertz CT molecular complexity index is 1100. The van der Waals surface area contributed by atoms with Gasteiger partial charge in [0, 0.05) is 19.0 Å². The molecule has 1 aliphatic carbocycles. The molecular formula is C26H28N2O7. The molecule has 3 atom stereocenters. The number of rotatable bonds is 7. The van der Waals surface area contributed by atoms with E-state index in [4.69, 9.17) is 9.47 Å². The number of carbonyl (C=O) groups excluding carboxylic acids is 3. The van der Waals surface area contributed by atoms with E-state index in [-0.39, 0.29) is 38.1 Å². The van der Waals surface area contributed by atoms with Gasteiger partial charge in [0.25, 0.3) is 5.91 Å². The number of hydrogen-bond acceptors (Lipinski definition) is 6. The summed E-state index contributed by atoms with van der Waals surface area (Å²) in [5.41, 5.74) is 4.22. The lowest BCUT2D eigenvalue weighted by atomic mass is 9.98. The number of amides is 2. The molecule has 1 fully saturated rings. The van der Waals surface area contributed by atoms with Crippen molar-refractivity contribution in [2.75, 3.05) is 26.3 Å². The maximum absolute atomic E-state index is 13.1. The summed E-state index contributed by atoms with van der Waals surface area (Å²) < 4.78 is 10.5. The highest BCUT2D eigenvalue weighted by atomic mass is 16.6. The zero-order valence-corrected chi connectivity index (χ0v) is 19.6. The molecule has 4 rings (SSSR count). The number of carboxylic acids is 1. The molecule has 9 nitrogen and oxygen atoms in total. The lowest BCUT2D eigenvalue weighted by Gasteiger charge is -2.23. The summed E-state index contributed by atoms with van der Waals surface area (Å²) in [5, 5.41) is 11.7. The van der Waals surface area contributed by atoms with Crippen molar-refractivity contribution < 1.29 is 33.8 Å². The first kappa shape index (κ1) is 24.3. The Balaban J connectivity index is 1.45. The summed E-state index contributed by atoms with van der Waals surface area (Å²) >= 11 is 0. The van der Waals surface area contributed by atoms with Gasteiger partial charge in [-0.15, -0.1) is 0 Å². The van der Waals surface area contributed by atoms with Gasteiger partial charge in [0.15, 0.2) is 0 Å². The number of likely N-dealkylation sites (tertiary alicyclic amines) is 1. The summed E-state index contributed by atoms with van der Waals surface area (Å²) in [6, 6.07) is 14.1. The third-order valence-electron chi connectivity index (χ3n) is 6.62. The number of nitrogens with one attached hydrogen (secondary N) is 1. The molecule has 184 valence electrons. The second kappa shape index (κ2) is 10.2. The molecule has 0 saturated carbocycles. The lowest BCUT2D eigenvalue weighted by molar-refractivity contribution is -0.151. The minimum absolute atomic E-state index is 0.0170. The molecule has 0 bridgehead atoms. The third-order valence-corrected chi connectivity index (χ3v) is 6.62. The van der Waals surface area contributed by atoms with Crippen LogP contribution in [0.25, 0.3) is 11.1 Å². The summed E-state index contributed by atoms with van der Waals surface area (Å²) in [7, 11) is 0. The van der Waals surface area contributed by atoms with E-state index < -0.39 is 35.9 Å². The van der Waals surface area contributed by atoms with Gasteiger partial charge in [0.05, 0.1) is 12.5 Å². The van der Waals surface area contributed by atoms with Crippen LogP contribution >= 0.6 is 0 Å². The summed E-state index contributed by atoms with van der Waals surface area (Å²) in [6.07, 6.45) is -0.930. The topological polar surface area (TPSA) is 122 Å². The SMILES string of the molecule is CCOC(=O)C(NC(=O)OCC1c2ccccc2-c2ccccc21)C(=O)N1C[C@H](C(=O)O)[C@@H](C)C1. The molecule has 2 N–H and O–H groups in total. The Hall–Kier alpha value is -3.88. The van der Waals surface area contributed by atoms with Crippen LogP contribution in [0.5, 0.6) is 0 Å². The van der Waals surface area contributed by atoms with E-state index in [1.54, 1.807) is 13.8 Å². The van der Waals surface area contributed by atoms with Crippen molar-refractivity contribution in [3.05, 3.63) is 59.7 Å². The van der Waals surface area contributed by atoms with Crippen molar-refractivity contribution in [2.45, 2.75) is 25.8 Å². The zero-order chi connectivity index (χ0) is 25.1. The largest absolute Gasteiger partial charge is 0.481 e. The van der Waals surface area contributed by atoms with E-state index in [1.165, 1.54) is 4.90 Å². The lowest BCUT2D eigenvalue weighted by Crippen LogP contribution is -2.53. The van der Waals surface area contributed by atoms with Crippen LogP contribution in [-0.2, 0) is 23.9 Å². The van der Waals surface area contributed by atoms with Crippen LogP contribution in [0.15, 0.2) is 48.5 Å². The summed E-state index contributed by atoms with van der Waals surface area (Å²) in [5.74, 6) is -3.85. The number of nitrogens with zero attached hydrogens (tertiary/aromatic N) is 1. The van der Waals surface area contributed by atoms with Gasteiger partial charge in [-0.05, 0) is 35.1 Å². The molecule has 0 aromatic heterocycles. The summed E-state index contributed by atoms with van der Waals surface area (Å²) in [4.78, 5) is 51.0. The van der Waals surface area contributed by atoms with Crippen LogP contribution in [-0.4, -0.2) is 66.3 Å². The fraction of sp³-hybridized carbons (Fsp3) is 0.385. The number of hydrogen-bond donors (Lipinski definition) is 2. The van der Waals surface area contributed by atoms with E-state index in [1.807, 2.05) is 48.5 Å². The molecule has 2 aromatic carbocycles. The van der Waals surface area contributed by atoms with Gasteiger partial charge < -0.3 is 19.5 Å². The van der Waals surface area contributed by atoms with Crippen molar-refractivity contribution in [3.8, 4) is 11.1 Å². The van der Waals surface area contributed by atoms with Gasteiger partial charge >= 0.3 is 18.0 Å². The minimum Gasteiger partial charge on any atom is -0.481 e. The number of carbonyl (C=O) groups is 4. The van der Waals surface area contributed by atoms with Crippen molar-refractivity contribution in [2.24, 2.45) is 11.8 Å². The molecule has 9 heteroatoms. The smallest absolute Gasteiger partial charge is 0.408 e. The van der Waals surface area contributed by atoms with Crippen LogP contribution in [0.1, 0.15) is 30.9 Å². The second-order valence-corrected chi connectivity index (χ2v) is 8.82. The molecule has 1 saturated heterocycles. The van der Waals surface area contributed by atoms with Crippen LogP contribution in [0.3, 0.4) is 0 Å². The molecule has 1 unspecified atom stereocenters. The first-order valence-electron chi connectivity index (χ1n) is 11.6. The van der Waals surface area contributed by atoms with Crippen molar-refractivity contribution in [1.29, 1.82) is 0 Å². The van der Waals surface area contributed by atoms with E-state index in [2.05, 4.69) is 5.32 Å². The molecule has 0 radical (unpaired) electrons.